The quantitative estimate of drug-likeness (QED) is 0.772. The first-order valence-electron chi connectivity index (χ1n) is 6.22. The highest BCUT2D eigenvalue weighted by molar-refractivity contribution is 5.23. The number of hydrogen-bond donors (Lipinski definition) is 1. The molecule has 0 fully saturated rings. The van der Waals surface area contributed by atoms with Crippen molar-refractivity contribution in [2.24, 2.45) is 0 Å². The molecule has 108 valence electrons. The Morgan fingerprint density at radius 1 is 1.11 bits per heavy atom. The third-order valence-corrected chi connectivity index (χ3v) is 2.81. The molecule has 0 bridgehead atoms. The van der Waals surface area contributed by atoms with E-state index in [1.54, 1.807) is 0 Å². The smallest absolute Gasteiger partial charge is 0.371 e. The molecule has 0 heterocycles. The van der Waals surface area contributed by atoms with Crippen LogP contribution in [-0.4, -0.2) is 32.5 Å². The van der Waals surface area contributed by atoms with E-state index < -0.39 is 12.8 Å². The summed E-state index contributed by atoms with van der Waals surface area (Å²) in [5, 5.41) is 3.12. The Morgan fingerprint density at radius 3 is 2.32 bits per heavy atom. The summed E-state index contributed by atoms with van der Waals surface area (Å²) in [6.45, 7) is 4.15. The highest BCUT2D eigenvalue weighted by Crippen LogP contribution is 2.21. The second kappa shape index (κ2) is 6.91. The molecule has 1 aromatic carbocycles. The maximum Gasteiger partial charge on any atom is 0.411 e. The Bertz CT molecular complexity index is 363. The zero-order chi connectivity index (χ0) is 14.4. The molecular weight excluding hydrogens is 255 g/mol. The lowest BCUT2D eigenvalue weighted by molar-refractivity contribution is -0.173. The van der Waals surface area contributed by atoms with Crippen LogP contribution >= 0.6 is 0 Å². The fraction of sp³-hybridized carbons (Fsp3) is 0.571. The van der Waals surface area contributed by atoms with Gasteiger partial charge in [-0.05, 0) is 5.56 Å². The van der Waals surface area contributed by atoms with Crippen molar-refractivity contribution in [3.63, 3.8) is 0 Å². The van der Waals surface area contributed by atoms with Crippen molar-refractivity contribution < 1.29 is 17.9 Å². The molecule has 0 spiro atoms. The summed E-state index contributed by atoms with van der Waals surface area (Å²) in [6, 6.07) is 9.99. The molecule has 19 heavy (non-hydrogen) atoms. The summed E-state index contributed by atoms with van der Waals surface area (Å²) in [5.74, 6) is 0. The van der Waals surface area contributed by atoms with Crippen molar-refractivity contribution in [1.29, 1.82) is 0 Å². The number of halogens is 3. The molecule has 0 aliphatic rings. The summed E-state index contributed by atoms with van der Waals surface area (Å²) < 4.78 is 40.0. The molecule has 0 unspecified atom stereocenters. The van der Waals surface area contributed by atoms with Crippen LogP contribution in [0.25, 0.3) is 0 Å². The molecule has 2 nitrogen and oxygen atoms in total. The first-order valence-corrected chi connectivity index (χ1v) is 6.22. The van der Waals surface area contributed by atoms with Gasteiger partial charge in [0.25, 0.3) is 0 Å². The molecule has 0 atom stereocenters. The maximum atomic E-state index is 11.8. The molecule has 0 amide bonds. The molecule has 1 aromatic rings. The number of hydrogen-bond acceptors (Lipinski definition) is 2. The Labute approximate surface area is 112 Å². The van der Waals surface area contributed by atoms with Crippen LogP contribution in [0.5, 0.6) is 0 Å². The van der Waals surface area contributed by atoms with E-state index in [4.69, 9.17) is 0 Å². The summed E-state index contributed by atoms with van der Waals surface area (Å²) in [4.78, 5) is 0. The normalized spacial score (nSPS) is 12.7. The standard InChI is InChI=1S/C14H20F3NO/c1-13(2,12-6-4-3-5-7-12)10-18-8-9-19-11-14(15,16)17/h3-7,18H,8-11H2,1-2H3. The summed E-state index contributed by atoms with van der Waals surface area (Å²) in [7, 11) is 0. The zero-order valence-electron chi connectivity index (χ0n) is 11.3. The van der Waals surface area contributed by atoms with Crippen LogP contribution in [0, 0.1) is 0 Å². The molecule has 1 N–H and O–H groups in total. The van der Waals surface area contributed by atoms with Crippen LogP contribution in [0.4, 0.5) is 13.2 Å². The maximum absolute atomic E-state index is 11.8. The van der Waals surface area contributed by atoms with E-state index in [-0.39, 0.29) is 12.0 Å². The number of rotatable bonds is 7. The van der Waals surface area contributed by atoms with Gasteiger partial charge in [-0.15, -0.1) is 0 Å². The predicted octanol–water partition coefficient (Wildman–Crippen LogP) is 3.13. The number of ether oxygens (including phenoxy) is 1. The number of benzene rings is 1. The van der Waals surface area contributed by atoms with Crippen LogP contribution in [0.3, 0.4) is 0 Å². The van der Waals surface area contributed by atoms with Crippen LogP contribution in [-0.2, 0) is 10.2 Å². The first kappa shape index (κ1) is 16.0. The van der Waals surface area contributed by atoms with E-state index in [2.05, 4.69) is 23.9 Å². The topological polar surface area (TPSA) is 21.3 Å². The second-order valence-electron chi connectivity index (χ2n) is 5.09. The van der Waals surface area contributed by atoms with E-state index in [1.165, 1.54) is 5.56 Å². The van der Waals surface area contributed by atoms with Gasteiger partial charge >= 0.3 is 6.18 Å². The summed E-state index contributed by atoms with van der Waals surface area (Å²) in [5.41, 5.74) is 1.13. The Morgan fingerprint density at radius 2 is 1.74 bits per heavy atom. The van der Waals surface area contributed by atoms with Gasteiger partial charge in [0.2, 0.25) is 0 Å². The average Bonchev–Trinajstić information content (AvgIpc) is 2.33. The van der Waals surface area contributed by atoms with E-state index in [0.717, 1.165) is 0 Å². The summed E-state index contributed by atoms with van der Waals surface area (Å²) in [6.07, 6.45) is -4.25. The van der Waals surface area contributed by atoms with E-state index in [0.29, 0.717) is 13.1 Å². The lowest BCUT2D eigenvalue weighted by Crippen LogP contribution is -2.35. The highest BCUT2D eigenvalue weighted by Gasteiger charge is 2.27. The van der Waals surface area contributed by atoms with Gasteiger partial charge in [-0.3, -0.25) is 0 Å². The van der Waals surface area contributed by atoms with E-state index >= 15 is 0 Å². The molecule has 0 aliphatic carbocycles. The number of alkyl halides is 3. The van der Waals surface area contributed by atoms with Gasteiger partial charge < -0.3 is 10.1 Å². The highest BCUT2D eigenvalue weighted by atomic mass is 19.4. The van der Waals surface area contributed by atoms with Crippen molar-refractivity contribution in [2.45, 2.75) is 25.4 Å². The minimum Gasteiger partial charge on any atom is -0.371 e. The average molecular weight is 275 g/mol. The van der Waals surface area contributed by atoms with Gasteiger partial charge in [-0.1, -0.05) is 44.2 Å². The lowest BCUT2D eigenvalue weighted by atomic mass is 9.85. The zero-order valence-corrected chi connectivity index (χ0v) is 11.3. The SMILES string of the molecule is CC(C)(CNCCOCC(F)(F)F)c1ccccc1. The van der Waals surface area contributed by atoms with Crippen molar-refractivity contribution in [1.82, 2.24) is 5.32 Å². The molecule has 0 aromatic heterocycles. The fourth-order valence-electron chi connectivity index (χ4n) is 1.72. The molecule has 1 rings (SSSR count). The second-order valence-corrected chi connectivity index (χ2v) is 5.09. The minimum absolute atomic E-state index is 0.0599. The Balaban J connectivity index is 2.22. The minimum atomic E-state index is -4.25. The summed E-state index contributed by atoms with van der Waals surface area (Å²) >= 11 is 0. The van der Waals surface area contributed by atoms with Gasteiger partial charge in [-0.2, -0.15) is 13.2 Å². The van der Waals surface area contributed by atoms with Crippen molar-refractivity contribution in [3.05, 3.63) is 35.9 Å². The third kappa shape index (κ3) is 6.59. The molecule has 0 radical (unpaired) electrons. The Hall–Kier alpha value is -1.07. The van der Waals surface area contributed by atoms with Gasteiger partial charge in [-0.25, -0.2) is 0 Å². The van der Waals surface area contributed by atoms with E-state index in [1.807, 2.05) is 30.3 Å². The van der Waals surface area contributed by atoms with Crippen molar-refractivity contribution in [3.8, 4) is 0 Å². The first-order chi connectivity index (χ1) is 8.81. The van der Waals surface area contributed by atoms with Crippen LogP contribution in [0.1, 0.15) is 19.4 Å². The van der Waals surface area contributed by atoms with Crippen LogP contribution < -0.4 is 5.32 Å². The molecule has 0 aliphatic heterocycles. The van der Waals surface area contributed by atoms with Gasteiger partial charge in [0, 0.05) is 18.5 Å². The Kier molecular flexibility index (Phi) is 5.82. The van der Waals surface area contributed by atoms with Crippen LogP contribution in [0.15, 0.2) is 30.3 Å². The van der Waals surface area contributed by atoms with Crippen molar-refractivity contribution in [2.75, 3.05) is 26.3 Å². The largest absolute Gasteiger partial charge is 0.411 e. The van der Waals surface area contributed by atoms with Gasteiger partial charge in [0.15, 0.2) is 0 Å². The lowest BCUT2D eigenvalue weighted by Gasteiger charge is -2.25. The number of nitrogens with one attached hydrogen (secondary N) is 1. The molecule has 5 heteroatoms. The third-order valence-electron chi connectivity index (χ3n) is 2.81. The fourth-order valence-corrected chi connectivity index (χ4v) is 1.72. The van der Waals surface area contributed by atoms with Gasteiger partial charge in [0.1, 0.15) is 6.61 Å². The van der Waals surface area contributed by atoms with Gasteiger partial charge in [0.05, 0.1) is 6.61 Å². The van der Waals surface area contributed by atoms with E-state index in [9.17, 15) is 13.2 Å². The predicted molar refractivity (Wildman–Crippen MR) is 69.2 cm³/mol. The molecular formula is C14H20F3NO. The molecule has 0 saturated carbocycles. The molecule has 0 saturated heterocycles. The van der Waals surface area contributed by atoms with Crippen LogP contribution in [0.2, 0.25) is 0 Å². The monoisotopic (exact) mass is 275 g/mol. The van der Waals surface area contributed by atoms with Crippen molar-refractivity contribution >= 4 is 0 Å².